The first kappa shape index (κ1) is 25.7. The second-order valence-electron chi connectivity index (χ2n) is 7.73. The molecule has 0 unspecified atom stereocenters. The number of rotatable bonds is 7. The Hall–Kier alpha value is -0.290. The Morgan fingerprint density at radius 3 is 2.29 bits per heavy atom. The van der Waals surface area contributed by atoms with Crippen LogP contribution >= 0.6 is 24.0 Å². The van der Waals surface area contributed by atoms with E-state index in [2.05, 4.69) is 15.5 Å². The minimum Gasteiger partial charge on any atom is -0.383 e. The number of nitrogens with one attached hydrogen (secondary N) is 2. The van der Waals surface area contributed by atoms with Crippen LogP contribution in [-0.4, -0.2) is 69.5 Å². The molecule has 1 heterocycles. The number of methoxy groups -OCH3 is 1. The maximum atomic E-state index is 12.8. The first-order valence-electron chi connectivity index (χ1n) is 10.2. The molecule has 1 saturated carbocycles. The number of guanidine groups is 1. The highest BCUT2D eigenvalue weighted by Gasteiger charge is 2.41. The number of ether oxygens (including phenoxy) is 1. The van der Waals surface area contributed by atoms with Crippen molar-refractivity contribution in [2.24, 2.45) is 16.8 Å². The summed E-state index contributed by atoms with van der Waals surface area (Å²) in [5, 5.41) is 6.59. The maximum Gasteiger partial charge on any atom is 0.391 e. The molecule has 9 heteroatoms. The molecule has 0 radical (unpaired) electrons. The zero-order chi connectivity index (χ0) is 19.7. The molecule has 2 N–H and O–H groups in total. The third kappa shape index (κ3) is 9.02. The van der Waals surface area contributed by atoms with E-state index in [1.807, 2.05) is 6.92 Å². The second kappa shape index (κ2) is 13.1. The number of likely N-dealkylation sites (tertiary alicyclic amines) is 1. The van der Waals surface area contributed by atoms with E-state index in [-0.39, 0.29) is 42.9 Å². The topological polar surface area (TPSA) is 48.9 Å². The SMILES string of the molecule is CCNC(=NCC1CCN(CCOC)CC1)NC1CCC(C(F)(F)F)CC1.I. The summed E-state index contributed by atoms with van der Waals surface area (Å²) in [6.07, 6.45) is -0.283. The van der Waals surface area contributed by atoms with Gasteiger partial charge in [0, 0.05) is 32.8 Å². The van der Waals surface area contributed by atoms with E-state index < -0.39 is 12.1 Å². The van der Waals surface area contributed by atoms with Crippen molar-refractivity contribution in [3.05, 3.63) is 0 Å². The van der Waals surface area contributed by atoms with Crippen LogP contribution in [0.3, 0.4) is 0 Å². The summed E-state index contributed by atoms with van der Waals surface area (Å²) in [7, 11) is 1.73. The third-order valence-electron chi connectivity index (χ3n) is 5.70. The molecular weight excluding hydrogens is 484 g/mol. The molecule has 0 atom stereocenters. The van der Waals surface area contributed by atoms with Crippen LogP contribution in [0.25, 0.3) is 0 Å². The molecule has 0 spiro atoms. The summed E-state index contributed by atoms with van der Waals surface area (Å²) in [5.74, 6) is 0.174. The first-order chi connectivity index (χ1) is 12.9. The molecule has 2 fully saturated rings. The molecular formula is C19H36F3IN4O. The molecule has 28 heavy (non-hydrogen) atoms. The Labute approximate surface area is 184 Å². The van der Waals surface area contributed by atoms with Crippen LogP contribution in [0.5, 0.6) is 0 Å². The number of hydrogen-bond acceptors (Lipinski definition) is 3. The van der Waals surface area contributed by atoms with Gasteiger partial charge in [0.15, 0.2) is 5.96 Å². The number of alkyl halides is 3. The molecule has 1 aliphatic carbocycles. The summed E-state index contributed by atoms with van der Waals surface area (Å²) in [4.78, 5) is 7.14. The lowest BCUT2D eigenvalue weighted by Gasteiger charge is -2.32. The number of aliphatic imine (C=N–C) groups is 1. The lowest BCUT2D eigenvalue weighted by Crippen LogP contribution is -2.46. The van der Waals surface area contributed by atoms with Crippen molar-refractivity contribution in [2.45, 2.75) is 57.7 Å². The van der Waals surface area contributed by atoms with Crippen LogP contribution in [0.4, 0.5) is 13.2 Å². The Bertz CT molecular complexity index is 449. The van der Waals surface area contributed by atoms with Crippen molar-refractivity contribution in [3.63, 3.8) is 0 Å². The summed E-state index contributed by atoms with van der Waals surface area (Å²) in [5.41, 5.74) is 0. The smallest absolute Gasteiger partial charge is 0.383 e. The molecule has 2 aliphatic rings. The Kier molecular flexibility index (Phi) is 12.0. The average molecular weight is 520 g/mol. The predicted octanol–water partition coefficient (Wildman–Crippen LogP) is 3.64. The van der Waals surface area contributed by atoms with Crippen LogP contribution in [0.15, 0.2) is 4.99 Å². The number of hydrogen-bond donors (Lipinski definition) is 2. The fourth-order valence-electron chi connectivity index (χ4n) is 3.91. The van der Waals surface area contributed by atoms with Gasteiger partial charge in [-0.05, 0) is 64.5 Å². The molecule has 0 aromatic rings. The van der Waals surface area contributed by atoms with Gasteiger partial charge in [-0.15, -0.1) is 24.0 Å². The van der Waals surface area contributed by atoms with E-state index in [9.17, 15) is 13.2 Å². The van der Waals surface area contributed by atoms with Gasteiger partial charge in [-0.2, -0.15) is 13.2 Å². The van der Waals surface area contributed by atoms with E-state index in [0.29, 0.717) is 18.8 Å². The van der Waals surface area contributed by atoms with Gasteiger partial charge in [-0.3, -0.25) is 4.99 Å². The molecule has 0 bridgehead atoms. The fourth-order valence-corrected chi connectivity index (χ4v) is 3.91. The van der Waals surface area contributed by atoms with Crippen molar-refractivity contribution >= 4 is 29.9 Å². The standard InChI is InChI=1S/C19H35F3N4O.HI/c1-3-23-18(25-17-6-4-16(5-7-17)19(20,21)22)24-14-15-8-10-26(11-9-15)12-13-27-2;/h15-17H,3-14H2,1-2H3,(H2,23,24,25);1H. The molecule has 1 aliphatic heterocycles. The summed E-state index contributed by atoms with van der Waals surface area (Å²) < 4.78 is 43.6. The highest BCUT2D eigenvalue weighted by molar-refractivity contribution is 14.0. The number of halogens is 4. The fraction of sp³-hybridized carbons (Fsp3) is 0.947. The second-order valence-corrected chi connectivity index (χ2v) is 7.73. The molecule has 1 saturated heterocycles. The minimum absolute atomic E-state index is 0. The zero-order valence-corrected chi connectivity index (χ0v) is 19.4. The lowest BCUT2D eigenvalue weighted by atomic mass is 9.85. The van der Waals surface area contributed by atoms with Gasteiger partial charge in [0.05, 0.1) is 12.5 Å². The molecule has 0 amide bonds. The summed E-state index contributed by atoms with van der Waals surface area (Å²) in [6, 6.07) is 0.0808. The Morgan fingerprint density at radius 1 is 1.11 bits per heavy atom. The van der Waals surface area contributed by atoms with Gasteiger partial charge >= 0.3 is 6.18 Å². The Morgan fingerprint density at radius 2 is 1.75 bits per heavy atom. The van der Waals surface area contributed by atoms with Crippen molar-refractivity contribution < 1.29 is 17.9 Å². The number of piperidine rings is 1. The van der Waals surface area contributed by atoms with Crippen molar-refractivity contribution in [3.8, 4) is 0 Å². The summed E-state index contributed by atoms with van der Waals surface area (Å²) in [6.45, 7) is 7.44. The van der Waals surface area contributed by atoms with E-state index in [1.54, 1.807) is 7.11 Å². The van der Waals surface area contributed by atoms with Crippen molar-refractivity contribution in [2.75, 3.05) is 46.4 Å². The van der Waals surface area contributed by atoms with Gasteiger partial charge in [0.2, 0.25) is 0 Å². The monoisotopic (exact) mass is 520 g/mol. The highest BCUT2D eigenvalue weighted by atomic mass is 127. The first-order valence-corrected chi connectivity index (χ1v) is 10.2. The molecule has 0 aromatic carbocycles. The van der Waals surface area contributed by atoms with Crippen molar-refractivity contribution in [1.29, 1.82) is 0 Å². The largest absolute Gasteiger partial charge is 0.391 e. The van der Waals surface area contributed by atoms with Crippen LogP contribution in [0.1, 0.15) is 45.4 Å². The quantitative estimate of drug-likeness (QED) is 0.306. The zero-order valence-electron chi connectivity index (χ0n) is 17.1. The molecule has 0 aromatic heterocycles. The van der Waals surface area contributed by atoms with Crippen LogP contribution < -0.4 is 10.6 Å². The van der Waals surface area contributed by atoms with Crippen LogP contribution in [-0.2, 0) is 4.74 Å². The lowest BCUT2D eigenvalue weighted by molar-refractivity contribution is -0.182. The van der Waals surface area contributed by atoms with E-state index >= 15 is 0 Å². The minimum atomic E-state index is -4.05. The number of nitrogens with zero attached hydrogens (tertiary/aromatic N) is 2. The van der Waals surface area contributed by atoms with Gasteiger partial charge in [-0.1, -0.05) is 0 Å². The Balaban J connectivity index is 0.00000392. The van der Waals surface area contributed by atoms with E-state index in [0.717, 1.165) is 58.1 Å². The highest BCUT2D eigenvalue weighted by Crippen LogP contribution is 2.37. The third-order valence-corrected chi connectivity index (χ3v) is 5.70. The summed E-state index contributed by atoms with van der Waals surface area (Å²) >= 11 is 0. The van der Waals surface area contributed by atoms with Crippen LogP contribution in [0, 0.1) is 11.8 Å². The van der Waals surface area contributed by atoms with Gasteiger partial charge < -0.3 is 20.3 Å². The normalized spacial score (nSPS) is 25.2. The van der Waals surface area contributed by atoms with E-state index in [4.69, 9.17) is 9.73 Å². The average Bonchev–Trinajstić information content (AvgIpc) is 2.65. The van der Waals surface area contributed by atoms with Gasteiger partial charge in [0.1, 0.15) is 0 Å². The van der Waals surface area contributed by atoms with Crippen molar-refractivity contribution in [1.82, 2.24) is 15.5 Å². The predicted molar refractivity (Wildman–Crippen MR) is 117 cm³/mol. The molecule has 166 valence electrons. The molecule has 2 rings (SSSR count). The van der Waals surface area contributed by atoms with E-state index in [1.165, 1.54) is 0 Å². The van der Waals surface area contributed by atoms with Crippen LogP contribution in [0.2, 0.25) is 0 Å². The maximum absolute atomic E-state index is 12.8. The van der Waals surface area contributed by atoms with Gasteiger partial charge in [-0.25, -0.2) is 0 Å². The molecule has 5 nitrogen and oxygen atoms in total. The van der Waals surface area contributed by atoms with Gasteiger partial charge in [0.25, 0.3) is 0 Å².